The molecule has 0 saturated heterocycles. The van der Waals surface area contributed by atoms with Crippen LogP contribution < -0.4 is 0 Å². The zero-order valence-electron chi connectivity index (χ0n) is 38.7. The molecule has 10 aliphatic rings. The number of fused-ring (bicyclic) bond motifs is 8. The van der Waals surface area contributed by atoms with E-state index >= 15 is 0 Å². The number of hydrogen-bond donors (Lipinski definition) is 0. The molecule has 20 atom stereocenters. The van der Waals surface area contributed by atoms with Crippen molar-refractivity contribution >= 4 is 8.07 Å². The quantitative estimate of drug-likeness (QED) is 0.226. The maximum Gasteiger partial charge on any atom is 0.0547 e. The lowest BCUT2D eigenvalue weighted by atomic mass is 9.52. The van der Waals surface area contributed by atoms with E-state index in [4.69, 9.17) is 0 Å². The highest BCUT2D eigenvalue weighted by molar-refractivity contribution is 6.80. The summed E-state index contributed by atoms with van der Waals surface area (Å²) >= 11 is 0. The van der Waals surface area contributed by atoms with Gasteiger partial charge in [0, 0.05) is 0 Å². The summed E-state index contributed by atoms with van der Waals surface area (Å²) in [4.78, 5) is 0. The van der Waals surface area contributed by atoms with Gasteiger partial charge in [-0.1, -0.05) is 125 Å². The van der Waals surface area contributed by atoms with E-state index in [-0.39, 0.29) is 0 Å². The Morgan fingerprint density at radius 3 is 1.20 bits per heavy atom. The summed E-state index contributed by atoms with van der Waals surface area (Å²) in [5.41, 5.74) is 3.49. The highest BCUT2D eigenvalue weighted by atomic mass is 28.3. The third-order valence-corrected chi connectivity index (χ3v) is 28.2. The van der Waals surface area contributed by atoms with Crippen molar-refractivity contribution < 1.29 is 0 Å². The lowest BCUT2D eigenvalue weighted by molar-refractivity contribution is -0.0362. The first kappa shape index (κ1) is 40.3. The SMILES string of the molecule is CCCC1CC2C(C3CC4CC(C)(C)CC4C4CCCCC43)CCCC2C1[Si](C)(C)C1C(CC)CC2C(C3CC4CC(C)(C)CC4C4CCCCC43)CCCC21. The molecule has 56 heavy (non-hydrogen) atoms. The van der Waals surface area contributed by atoms with Gasteiger partial charge in [0.15, 0.2) is 0 Å². The Morgan fingerprint density at radius 1 is 0.393 bits per heavy atom. The van der Waals surface area contributed by atoms with E-state index in [1.807, 2.05) is 0 Å². The lowest BCUT2D eigenvalue weighted by Crippen LogP contribution is -2.49. The van der Waals surface area contributed by atoms with E-state index in [2.05, 4.69) is 54.6 Å². The molecular formula is C55H94Si. The fraction of sp³-hybridized carbons (Fsp3) is 1.00. The van der Waals surface area contributed by atoms with Crippen LogP contribution >= 0.6 is 0 Å². The first-order valence-corrected chi connectivity index (χ1v) is 30.0. The molecule has 0 nitrogen and oxygen atoms in total. The second-order valence-electron chi connectivity index (χ2n) is 26.9. The second-order valence-corrected chi connectivity index (χ2v) is 31.9. The highest BCUT2D eigenvalue weighted by Gasteiger charge is 2.63. The van der Waals surface area contributed by atoms with Gasteiger partial charge in [0.1, 0.15) is 0 Å². The second kappa shape index (κ2) is 15.2. The molecule has 0 amide bonds. The van der Waals surface area contributed by atoms with E-state index < -0.39 is 8.07 Å². The van der Waals surface area contributed by atoms with Crippen LogP contribution in [0.2, 0.25) is 24.2 Å². The molecule has 0 aliphatic heterocycles. The molecule has 1 heteroatoms. The normalized spacial score (nSPS) is 53.4. The molecule has 10 saturated carbocycles. The Hall–Kier alpha value is 0.217. The van der Waals surface area contributed by atoms with Crippen LogP contribution in [0.15, 0.2) is 0 Å². The Bertz CT molecular complexity index is 1370. The van der Waals surface area contributed by atoms with Gasteiger partial charge in [-0.2, -0.15) is 0 Å². The molecule has 0 radical (unpaired) electrons. The molecule has 0 aromatic rings. The van der Waals surface area contributed by atoms with Crippen LogP contribution in [0.25, 0.3) is 0 Å². The predicted molar refractivity (Wildman–Crippen MR) is 242 cm³/mol. The average molecular weight is 783 g/mol. The Morgan fingerprint density at radius 2 is 0.750 bits per heavy atom. The summed E-state index contributed by atoms with van der Waals surface area (Å²) in [6.45, 7) is 22.0. The smallest absolute Gasteiger partial charge is 0.0547 e. The van der Waals surface area contributed by atoms with Gasteiger partial charge in [0.05, 0.1) is 8.07 Å². The van der Waals surface area contributed by atoms with Crippen LogP contribution in [-0.2, 0) is 0 Å². The molecule has 318 valence electrons. The van der Waals surface area contributed by atoms with E-state index in [0.29, 0.717) is 10.8 Å². The van der Waals surface area contributed by atoms with Crippen molar-refractivity contribution in [2.45, 2.75) is 226 Å². The van der Waals surface area contributed by atoms with Gasteiger partial charge in [0.25, 0.3) is 0 Å². The predicted octanol–water partition coefficient (Wildman–Crippen LogP) is 16.5. The third-order valence-electron chi connectivity index (χ3n) is 23.0. The number of hydrogen-bond acceptors (Lipinski definition) is 0. The largest absolute Gasteiger partial charge is 0.0689 e. The van der Waals surface area contributed by atoms with Crippen LogP contribution in [0.5, 0.6) is 0 Å². The minimum absolute atomic E-state index is 0.611. The summed E-state index contributed by atoms with van der Waals surface area (Å²) in [5.74, 6) is 19.6. The first-order chi connectivity index (χ1) is 26.9. The van der Waals surface area contributed by atoms with Crippen LogP contribution in [0.4, 0.5) is 0 Å². The molecular weight excluding hydrogens is 689 g/mol. The standard InChI is InChI=1S/C55H94Si/c1-9-17-35-27-49-43(47-29-37-31-55(5,6)33-51(37)41-21-14-12-19-39(41)47)23-16-25-45(49)53(35)56(7,8)52-34(10-2)26-48-42(22-15-24-44(48)52)46-28-36-30-54(3,4)32-50(36)40-20-13-11-18-38(40)46/h34-53H,9-33H2,1-8H3. The van der Waals surface area contributed by atoms with Gasteiger partial charge >= 0.3 is 0 Å². The van der Waals surface area contributed by atoms with E-state index in [1.54, 1.807) is 148 Å². The Kier molecular flexibility index (Phi) is 11.0. The van der Waals surface area contributed by atoms with Gasteiger partial charge in [-0.25, -0.2) is 0 Å². The van der Waals surface area contributed by atoms with Crippen molar-refractivity contribution in [2.75, 3.05) is 0 Å². The molecule has 10 fully saturated rings. The number of rotatable bonds is 7. The Labute approximate surface area is 350 Å². The van der Waals surface area contributed by atoms with Gasteiger partial charge in [-0.15, -0.1) is 0 Å². The molecule has 0 aromatic heterocycles. The molecule has 10 rings (SSSR count). The van der Waals surface area contributed by atoms with Crippen molar-refractivity contribution in [1.29, 1.82) is 0 Å². The molecule has 0 heterocycles. The van der Waals surface area contributed by atoms with Crippen molar-refractivity contribution in [3.63, 3.8) is 0 Å². The van der Waals surface area contributed by atoms with E-state index in [1.165, 1.54) is 12.8 Å². The van der Waals surface area contributed by atoms with Gasteiger partial charge in [-0.3, -0.25) is 0 Å². The topological polar surface area (TPSA) is 0 Å². The van der Waals surface area contributed by atoms with Crippen molar-refractivity contribution in [2.24, 2.45) is 117 Å². The summed E-state index contributed by atoms with van der Waals surface area (Å²) in [5, 5.41) is 0. The summed E-state index contributed by atoms with van der Waals surface area (Å²) in [7, 11) is -1.55. The minimum Gasteiger partial charge on any atom is -0.0689 e. The van der Waals surface area contributed by atoms with Crippen LogP contribution in [0.1, 0.15) is 202 Å². The van der Waals surface area contributed by atoms with E-state index in [9.17, 15) is 0 Å². The minimum atomic E-state index is -1.55. The van der Waals surface area contributed by atoms with Crippen LogP contribution in [0.3, 0.4) is 0 Å². The Balaban J connectivity index is 0.926. The maximum absolute atomic E-state index is 3.09. The monoisotopic (exact) mass is 783 g/mol. The van der Waals surface area contributed by atoms with Crippen LogP contribution in [0, 0.1) is 117 Å². The summed E-state index contributed by atoms with van der Waals surface area (Å²) in [6, 6.07) is 0. The molecule has 10 aliphatic carbocycles. The first-order valence-electron chi connectivity index (χ1n) is 26.9. The summed E-state index contributed by atoms with van der Waals surface area (Å²) in [6.07, 6.45) is 39.8. The average Bonchev–Trinajstić information content (AvgIpc) is 3.92. The zero-order chi connectivity index (χ0) is 38.7. The van der Waals surface area contributed by atoms with Crippen molar-refractivity contribution in [1.82, 2.24) is 0 Å². The van der Waals surface area contributed by atoms with E-state index in [0.717, 1.165) is 118 Å². The van der Waals surface area contributed by atoms with Gasteiger partial charge in [-0.05, 0) is 218 Å². The van der Waals surface area contributed by atoms with Gasteiger partial charge in [0.2, 0.25) is 0 Å². The maximum atomic E-state index is 3.09. The third kappa shape index (κ3) is 6.71. The van der Waals surface area contributed by atoms with Crippen molar-refractivity contribution in [3.8, 4) is 0 Å². The fourth-order valence-corrected chi connectivity index (χ4v) is 28.8. The lowest BCUT2D eigenvalue weighted by Gasteiger charge is -2.54. The molecule has 20 unspecified atom stereocenters. The van der Waals surface area contributed by atoms with Crippen LogP contribution in [-0.4, -0.2) is 8.07 Å². The fourth-order valence-electron chi connectivity index (χ4n) is 22.2. The molecule has 0 N–H and O–H groups in total. The highest BCUT2D eigenvalue weighted by Crippen LogP contribution is 2.71. The van der Waals surface area contributed by atoms with Crippen molar-refractivity contribution in [3.05, 3.63) is 0 Å². The summed E-state index contributed by atoms with van der Waals surface area (Å²) < 4.78 is 0. The molecule has 0 spiro atoms. The molecule has 0 bridgehead atoms. The van der Waals surface area contributed by atoms with Gasteiger partial charge < -0.3 is 0 Å². The molecule has 0 aromatic carbocycles. The zero-order valence-corrected chi connectivity index (χ0v) is 39.7.